The van der Waals surface area contributed by atoms with Crippen molar-refractivity contribution in [3.63, 3.8) is 0 Å². The summed E-state index contributed by atoms with van der Waals surface area (Å²) < 4.78 is 25.9. The summed E-state index contributed by atoms with van der Waals surface area (Å²) >= 11 is 0. The van der Waals surface area contributed by atoms with Gasteiger partial charge in [-0.1, -0.05) is 26.2 Å². The number of terminal acetylenes is 1. The van der Waals surface area contributed by atoms with Crippen molar-refractivity contribution in [2.75, 3.05) is 7.05 Å². The van der Waals surface area contributed by atoms with Crippen molar-refractivity contribution in [3.05, 3.63) is 29.8 Å². The van der Waals surface area contributed by atoms with Gasteiger partial charge in [-0.25, -0.2) is 8.42 Å². The largest absolute Gasteiger partial charge is 0.480 e. The molecule has 2 atom stereocenters. The van der Waals surface area contributed by atoms with Crippen LogP contribution >= 0.6 is 0 Å². The summed E-state index contributed by atoms with van der Waals surface area (Å²) in [5.41, 5.74) is 0.563. The molecule has 0 aliphatic carbocycles. The number of carboxylic acid groups (broad SMARTS) is 1. The maximum absolute atomic E-state index is 12.5. The van der Waals surface area contributed by atoms with Crippen molar-refractivity contribution in [3.8, 4) is 12.3 Å². The quantitative estimate of drug-likeness (QED) is 0.813. The highest BCUT2D eigenvalue weighted by molar-refractivity contribution is 7.89. The van der Waals surface area contributed by atoms with Crippen LogP contribution in [0.25, 0.3) is 0 Å². The Kier molecular flexibility index (Phi) is 5.53. The van der Waals surface area contributed by atoms with Crippen LogP contribution in [0.15, 0.2) is 29.2 Å². The average Bonchev–Trinajstić information content (AvgIpc) is 2.46. The molecule has 2 unspecified atom stereocenters. The first-order chi connectivity index (χ1) is 9.75. The predicted molar refractivity (Wildman–Crippen MR) is 80.2 cm³/mol. The van der Waals surface area contributed by atoms with Crippen LogP contribution in [0.5, 0.6) is 0 Å². The molecule has 114 valence electrons. The van der Waals surface area contributed by atoms with Gasteiger partial charge in [-0.05, 0) is 30.2 Å². The molecule has 5 nitrogen and oxygen atoms in total. The summed E-state index contributed by atoms with van der Waals surface area (Å²) in [6, 6.07) is 4.69. The minimum absolute atomic E-state index is 0.0264. The van der Waals surface area contributed by atoms with Gasteiger partial charge in [0, 0.05) is 12.6 Å². The molecule has 0 bridgehead atoms. The highest BCUT2D eigenvalue weighted by atomic mass is 32.2. The Bertz CT molecular complexity index is 643. The first-order valence-corrected chi connectivity index (χ1v) is 7.97. The van der Waals surface area contributed by atoms with E-state index in [-0.39, 0.29) is 10.8 Å². The molecule has 21 heavy (non-hydrogen) atoms. The average molecular weight is 309 g/mol. The Morgan fingerprint density at radius 2 is 1.90 bits per heavy atom. The normalized spacial score (nSPS) is 14.4. The molecule has 1 rings (SSSR count). The van der Waals surface area contributed by atoms with E-state index in [1.165, 1.54) is 31.3 Å². The molecule has 0 fully saturated rings. The lowest BCUT2D eigenvalue weighted by Crippen LogP contribution is -2.46. The number of hydrogen-bond donors (Lipinski definition) is 1. The molecular formula is C15H19NO4S. The van der Waals surface area contributed by atoms with Crippen molar-refractivity contribution in [2.24, 2.45) is 5.92 Å². The zero-order valence-electron chi connectivity index (χ0n) is 12.3. The van der Waals surface area contributed by atoms with Gasteiger partial charge in [0.05, 0.1) is 4.90 Å². The topological polar surface area (TPSA) is 74.7 Å². The van der Waals surface area contributed by atoms with E-state index >= 15 is 0 Å². The Hall–Kier alpha value is -1.84. The molecular weight excluding hydrogens is 290 g/mol. The molecule has 0 radical (unpaired) electrons. The molecule has 0 saturated carbocycles. The van der Waals surface area contributed by atoms with Gasteiger partial charge in [0.1, 0.15) is 6.04 Å². The van der Waals surface area contributed by atoms with Crippen LogP contribution in [-0.4, -0.2) is 36.9 Å². The van der Waals surface area contributed by atoms with Gasteiger partial charge in [-0.3, -0.25) is 4.79 Å². The van der Waals surface area contributed by atoms with E-state index in [1.807, 2.05) is 6.92 Å². The van der Waals surface area contributed by atoms with E-state index in [4.69, 9.17) is 6.42 Å². The maximum Gasteiger partial charge on any atom is 0.322 e. The summed E-state index contributed by atoms with van der Waals surface area (Å²) in [5, 5.41) is 9.30. The van der Waals surface area contributed by atoms with Crippen LogP contribution in [0.2, 0.25) is 0 Å². The van der Waals surface area contributed by atoms with Gasteiger partial charge in [0.15, 0.2) is 0 Å². The molecule has 0 spiro atoms. The Morgan fingerprint density at radius 1 is 1.38 bits per heavy atom. The number of benzene rings is 1. The summed E-state index contributed by atoms with van der Waals surface area (Å²) in [6.45, 7) is 3.54. The monoisotopic (exact) mass is 309 g/mol. The third-order valence-electron chi connectivity index (χ3n) is 3.53. The minimum Gasteiger partial charge on any atom is -0.480 e. The third kappa shape index (κ3) is 3.63. The number of likely N-dealkylation sites (N-methyl/N-ethyl adjacent to an activating group) is 1. The van der Waals surface area contributed by atoms with Gasteiger partial charge < -0.3 is 5.11 Å². The van der Waals surface area contributed by atoms with Crippen molar-refractivity contribution < 1.29 is 18.3 Å². The van der Waals surface area contributed by atoms with E-state index in [9.17, 15) is 18.3 Å². The van der Waals surface area contributed by atoms with Gasteiger partial charge in [-0.15, -0.1) is 6.42 Å². The standard InChI is InChI=1S/C15H19NO4S/c1-5-11(3)14(15(17)18)16(4)21(19,20)13-9-7-12(6-2)8-10-13/h2,7-11,14H,5H2,1,3-4H3,(H,17,18). The Morgan fingerprint density at radius 3 is 2.29 bits per heavy atom. The minimum atomic E-state index is -3.88. The van der Waals surface area contributed by atoms with Gasteiger partial charge >= 0.3 is 5.97 Å². The summed E-state index contributed by atoms with van der Waals surface area (Å²) in [4.78, 5) is 11.4. The maximum atomic E-state index is 12.5. The number of hydrogen-bond acceptors (Lipinski definition) is 3. The lowest BCUT2D eigenvalue weighted by molar-refractivity contribution is -0.142. The third-order valence-corrected chi connectivity index (χ3v) is 5.38. The van der Waals surface area contributed by atoms with Crippen LogP contribution in [-0.2, 0) is 14.8 Å². The molecule has 0 amide bonds. The molecule has 1 N–H and O–H groups in total. The molecule has 1 aromatic carbocycles. The van der Waals surface area contributed by atoms with Crippen molar-refractivity contribution >= 4 is 16.0 Å². The van der Waals surface area contributed by atoms with E-state index in [1.54, 1.807) is 6.92 Å². The summed E-state index contributed by atoms with van der Waals surface area (Å²) in [5.74, 6) is 0.945. The fourth-order valence-electron chi connectivity index (χ4n) is 2.02. The van der Waals surface area contributed by atoms with E-state index in [2.05, 4.69) is 5.92 Å². The van der Waals surface area contributed by atoms with Crippen LogP contribution in [0.3, 0.4) is 0 Å². The first kappa shape index (κ1) is 17.2. The highest BCUT2D eigenvalue weighted by Crippen LogP contribution is 2.22. The van der Waals surface area contributed by atoms with Crippen LogP contribution in [0, 0.1) is 18.3 Å². The fourth-order valence-corrected chi connectivity index (χ4v) is 3.43. The predicted octanol–water partition coefficient (Wildman–Crippen LogP) is 1.79. The first-order valence-electron chi connectivity index (χ1n) is 6.53. The Labute approximate surface area is 125 Å². The molecule has 6 heteroatoms. The SMILES string of the molecule is C#Cc1ccc(S(=O)(=O)N(C)C(C(=O)O)C(C)CC)cc1. The van der Waals surface area contributed by atoms with E-state index in [0.717, 1.165) is 4.31 Å². The van der Waals surface area contributed by atoms with Crippen molar-refractivity contribution in [1.82, 2.24) is 4.31 Å². The zero-order chi connectivity index (χ0) is 16.2. The molecule has 0 heterocycles. The van der Waals surface area contributed by atoms with Crippen molar-refractivity contribution in [1.29, 1.82) is 0 Å². The van der Waals surface area contributed by atoms with Crippen LogP contribution in [0.4, 0.5) is 0 Å². The van der Waals surface area contributed by atoms with Crippen LogP contribution < -0.4 is 0 Å². The lowest BCUT2D eigenvalue weighted by Gasteiger charge is -2.28. The number of rotatable bonds is 6. The summed E-state index contributed by atoms with van der Waals surface area (Å²) in [7, 11) is -2.59. The molecule has 0 aliphatic heterocycles. The second kappa shape index (κ2) is 6.74. The lowest BCUT2D eigenvalue weighted by atomic mass is 10.00. The van der Waals surface area contributed by atoms with E-state index < -0.39 is 22.0 Å². The van der Waals surface area contributed by atoms with Gasteiger partial charge in [0.25, 0.3) is 0 Å². The van der Waals surface area contributed by atoms with Crippen molar-refractivity contribution in [2.45, 2.75) is 31.2 Å². The molecule has 1 aromatic rings. The second-order valence-corrected chi connectivity index (χ2v) is 6.86. The number of sulfonamides is 1. The van der Waals surface area contributed by atoms with Gasteiger partial charge in [-0.2, -0.15) is 4.31 Å². The Balaban J connectivity index is 3.21. The number of aliphatic carboxylic acids is 1. The smallest absolute Gasteiger partial charge is 0.322 e. The number of nitrogens with zero attached hydrogens (tertiary/aromatic N) is 1. The zero-order valence-corrected chi connectivity index (χ0v) is 13.1. The fraction of sp³-hybridized carbons (Fsp3) is 0.400. The highest BCUT2D eigenvalue weighted by Gasteiger charge is 2.35. The molecule has 0 aliphatic rings. The van der Waals surface area contributed by atoms with Crippen LogP contribution in [0.1, 0.15) is 25.8 Å². The number of carboxylic acids is 1. The van der Waals surface area contributed by atoms with Gasteiger partial charge in [0.2, 0.25) is 10.0 Å². The molecule has 0 saturated heterocycles. The summed E-state index contributed by atoms with van der Waals surface area (Å²) in [6.07, 6.45) is 5.79. The van der Waals surface area contributed by atoms with E-state index in [0.29, 0.717) is 12.0 Å². The molecule has 0 aromatic heterocycles. The second-order valence-electron chi connectivity index (χ2n) is 4.86. The number of carbonyl (C=O) groups is 1.